The summed E-state index contributed by atoms with van der Waals surface area (Å²) in [4.78, 5) is 60.7. The zero-order chi connectivity index (χ0) is 40.6. The smallest absolute Gasteiger partial charge is 0.462 e. The summed E-state index contributed by atoms with van der Waals surface area (Å²) in [5.41, 5.74) is -1.10. The minimum absolute atomic E-state index is 0.0107. The van der Waals surface area contributed by atoms with Crippen LogP contribution < -0.4 is 10.6 Å². The fourth-order valence-corrected chi connectivity index (χ4v) is 6.43. The lowest BCUT2D eigenvalue weighted by Crippen LogP contribution is -2.31. The Labute approximate surface area is 313 Å². The molecule has 0 aromatic heterocycles. The molecule has 15 nitrogen and oxygen atoms in total. The number of benzene rings is 2. The number of non-ortho nitro benzene ring substituents is 1. The number of rotatable bonds is 14. The standard InChI is InChI=1S/C37H39F3N4O11/c1-20-29(30(24-13-12-14-25(19-24)43(48)49)33(22(3)41-20)55-36(47)52-5)35(46)53-18-11-7-6-8-17-28(45)54-34-23(4)42-21(2)32(44(50)51)31(34)26-15-9-10-16-27(26)37(38,39)40/h9-10,12-16,19,30-31,41-42H,6-8,11,17-18H2,1-5H3. The number of methoxy groups -OCH3 is 1. The fraction of sp³-hybridized carbons (Fsp3) is 0.378. The van der Waals surface area contributed by atoms with E-state index in [4.69, 9.17) is 14.2 Å². The van der Waals surface area contributed by atoms with Crippen LogP contribution in [0, 0.1) is 20.2 Å². The molecule has 2 N–H and O–H groups in total. The van der Waals surface area contributed by atoms with Crippen LogP contribution in [-0.4, -0.2) is 41.7 Å². The number of alkyl halides is 3. The summed E-state index contributed by atoms with van der Waals surface area (Å²) in [5, 5.41) is 29.3. The van der Waals surface area contributed by atoms with E-state index in [0.717, 1.165) is 25.3 Å². The van der Waals surface area contributed by atoms with Crippen LogP contribution in [0.2, 0.25) is 0 Å². The minimum Gasteiger partial charge on any atom is -0.462 e. The number of hydrogen-bond donors (Lipinski definition) is 2. The summed E-state index contributed by atoms with van der Waals surface area (Å²) >= 11 is 0. The second kappa shape index (κ2) is 17.7. The average Bonchev–Trinajstić information content (AvgIpc) is 3.12. The molecule has 0 spiro atoms. The van der Waals surface area contributed by atoms with E-state index in [9.17, 15) is 47.8 Å². The van der Waals surface area contributed by atoms with Crippen LogP contribution in [0.4, 0.5) is 23.7 Å². The van der Waals surface area contributed by atoms with Gasteiger partial charge in [0.2, 0.25) is 0 Å². The van der Waals surface area contributed by atoms with Crippen molar-refractivity contribution < 1.29 is 56.3 Å². The highest BCUT2D eigenvalue weighted by Gasteiger charge is 2.45. The highest BCUT2D eigenvalue weighted by molar-refractivity contribution is 5.92. The van der Waals surface area contributed by atoms with Crippen molar-refractivity contribution in [1.82, 2.24) is 10.6 Å². The highest BCUT2D eigenvalue weighted by atomic mass is 19.4. The van der Waals surface area contributed by atoms with Gasteiger partial charge in [0.15, 0.2) is 0 Å². The Kier molecular flexibility index (Phi) is 13.4. The lowest BCUT2D eigenvalue weighted by atomic mass is 9.85. The van der Waals surface area contributed by atoms with Crippen molar-refractivity contribution in [3.8, 4) is 0 Å². The maximum Gasteiger partial charge on any atom is 0.513 e. The lowest BCUT2D eigenvalue weighted by Gasteiger charge is -2.30. The van der Waals surface area contributed by atoms with Gasteiger partial charge in [0, 0.05) is 24.3 Å². The molecule has 2 aromatic rings. The number of nitro benzene ring substituents is 1. The Morgan fingerprint density at radius 3 is 2.05 bits per heavy atom. The normalized spacial score (nSPS) is 17.3. The molecule has 294 valence electrons. The zero-order valence-corrected chi connectivity index (χ0v) is 30.5. The molecule has 0 radical (unpaired) electrons. The molecule has 0 bridgehead atoms. The van der Waals surface area contributed by atoms with E-state index in [2.05, 4.69) is 15.4 Å². The number of hydrogen-bond acceptors (Lipinski definition) is 13. The van der Waals surface area contributed by atoms with Crippen LogP contribution in [0.1, 0.15) is 88.3 Å². The van der Waals surface area contributed by atoms with Crippen LogP contribution in [-0.2, 0) is 34.7 Å². The SMILES string of the molecule is COC(=O)OC1=C(C)NC(C)=C(C(=O)OCCCCCCC(=O)OC2=C(C)NC(C)=C([N+](=O)[O-])C2c2ccccc2C(F)(F)F)C1c1cccc([N+](=O)[O-])c1. The van der Waals surface area contributed by atoms with E-state index in [1.807, 2.05) is 0 Å². The van der Waals surface area contributed by atoms with Gasteiger partial charge in [-0.05, 0) is 57.7 Å². The molecule has 4 rings (SSSR count). The van der Waals surface area contributed by atoms with Gasteiger partial charge in [0.1, 0.15) is 17.4 Å². The molecule has 0 saturated heterocycles. The molecule has 2 aliphatic heterocycles. The number of carbonyl (C=O) groups is 3. The van der Waals surface area contributed by atoms with E-state index in [1.165, 1.54) is 38.1 Å². The second-order valence-electron chi connectivity index (χ2n) is 12.7. The quantitative estimate of drug-likeness (QED) is 0.0622. The van der Waals surface area contributed by atoms with Gasteiger partial charge in [0.05, 0.1) is 57.7 Å². The number of dihydropyridines is 2. The van der Waals surface area contributed by atoms with E-state index in [-0.39, 0.29) is 53.6 Å². The van der Waals surface area contributed by atoms with Crippen LogP contribution in [0.5, 0.6) is 0 Å². The Hall–Kier alpha value is -6.20. The molecule has 2 aromatic carbocycles. The summed E-state index contributed by atoms with van der Waals surface area (Å²) in [5.74, 6) is -4.55. The van der Waals surface area contributed by atoms with Crippen LogP contribution in [0.25, 0.3) is 0 Å². The number of allylic oxidation sites excluding steroid dienone is 5. The van der Waals surface area contributed by atoms with Crippen molar-refractivity contribution in [3.63, 3.8) is 0 Å². The van der Waals surface area contributed by atoms with Gasteiger partial charge in [-0.3, -0.25) is 25.0 Å². The number of nitro groups is 2. The molecule has 2 aliphatic rings. The van der Waals surface area contributed by atoms with E-state index in [1.54, 1.807) is 19.9 Å². The number of ether oxygens (including phenoxy) is 4. The molecule has 0 amide bonds. The van der Waals surface area contributed by atoms with Gasteiger partial charge < -0.3 is 29.6 Å². The highest BCUT2D eigenvalue weighted by Crippen LogP contribution is 2.44. The summed E-state index contributed by atoms with van der Waals surface area (Å²) in [6, 6.07) is 9.94. The zero-order valence-electron chi connectivity index (χ0n) is 30.5. The lowest BCUT2D eigenvalue weighted by molar-refractivity contribution is -0.431. The monoisotopic (exact) mass is 772 g/mol. The summed E-state index contributed by atoms with van der Waals surface area (Å²) in [6.07, 6.45) is -4.46. The van der Waals surface area contributed by atoms with Crippen molar-refractivity contribution in [2.24, 2.45) is 0 Å². The van der Waals surface area contributed by atoms with E-state index >= 15 is 0 Å². The Bertz CT molecular complexity index is 2000. The molecule has 0 fully saturated rings. The maximum atomic E-state index is 14.0. The number of carbonyl (C=O) groups excluding carboxylic acids is 3. The Morgan fingerprint density at radius 2 is 1.42 bits per heavy atom. The van der Waals surface area contributed by atoms with Crippen molar-refractivity contribution in [1.29, 1.82) is 0 Å². The summed E-state index contributed by atoms with van der Waals surface area (Å²) in [7, 11) is 1.10. The fourth-order valence-electron chi connectivity index (χ4n) is 6.43. The van der Waals surface area contributed by atoms with Gasteiger partial charge in [0.25, 0.3) is 11.4 Å². The third kappa shape index (κ3) is 9.87. The second-order valence-corrected chi connectivity index (χ2v) is 12.7. The first-order valence-electron chi connectivity index (χ1n) is 17.0. The maximum absolute atomic E-state index is 14.0. The summed E-state index contributed by atoms with van der Waals surface area (Å²) in [6.45, 7) is 5.96. The molecule has 2 unspecified atom stereocenters. The van der Waals surface area contributed by atoms with Gasteiger partial charge in [-0.15, -0.1) is 0 Å². The number of nitrogens with one attached hydrogen (secondary N) is 2. The third-order valence-electron chi connectivity index (χ3n) is 8.86. The predicted octanol–water partition coefficient (Wildman–Crippen LogP) is 7.75. The number of unbranched alkanes of at least 4 members (excludes halogenated alkanes) is 3. The van der Waals surface area contributed by atoms with Gasteiger partial charge in [-0.2, -0.15) is 13.2 Å². The van der Waals surface area contributed by atoms with Gasteiger partial charge in [-0.25, -0.2) is 9.59 Å². The first-order valence-corrected chi connectivity index (χ1v) is 17.0. The third-order valence-corrected chi connectivity index (χ3v) is 8.86. The van der Waals surface area contributed by atoms with Crippen LogP contribution >= 0.6 is 0 Å². The molecular weight excluding hydrogens is 733 g/mol. The molecule has 18 heteroatoms. The van der Waals surface area contributed by atoms with Gasteiger partial charge >= 0.3 is 24.3 Å². The predicted molar refractivity (Wildman–Crippen MR) is 188 cm³/mol. The Morgan fingerprint density at radius 1 is 0.782 bits per heavy atom. The van der Waals surface area contributed by atoms with Crippen molar-refractivity contribution in [3.05, 3.63) is 131 Å². The van der Waals surface area contributed by atoms with E-state index in [0.29, 0.717) is 36.2 Å². The van der Waals surface area contributed by atoms with Crippen molar-refractivity contribution in [2.75, 3.05) is 13.7 Å². The average molecular weight is 773 g/mol. The van der Waals surface area contributed by atoms with Crippen molar-refractivity contribution in [2.45, 2.75) is 77.8 Å². The number of esters is 2. The molecule has 2 atom stereocenters. The largest absolute Gasteiger partial charge is 0.513 e. The molecule has 0 saturated carbocycles. The molecule has 2 heterocycles. The topological polar surface area (TPSA) is 198 Å². The van der Waals surface area contributed by atoms with Crippen molar-refractivity contribution >= 4 is 23.8 Å². The number of halogens is 3. The summed E-state index contributed by atoms with van der Waals surface area (Å²) < 4.78 is 63.0. The molecule has 0 aliphatic carbocycles. The van der Waals surface area contributed by atoms with Crippen LogP contribution in [0.15, 0.2) is 94.1 Å². The minimum atomic E-state index is -4.83. The first kappa shape index (κ1) is 41.6. The molecular formula is C37H39F3N4O11. The Balaban J connectivity index is 1.37. The van der Waals surface area contributed by atoms with Gasteiger partial charge in [-0.1, -0.05) is 43.2 Å². The molecule has 55 heavy (non-hydrogen) atoms. The van der Waals surface area contributed by atoms with E-state index < -0.39 is 62.8 Å². The van der Waals surface area contributed by atoms with Crippen LogP contribution in [0.3, 0.4) is 0 Å². The number of nitrogens with zero attached hydrogens (tertiary/aromatic N) is 2. The first-order chi connectivity index (χ1) is 26.0.